The van der Waals surface area contributed by atoms with Gasteiger partial charge in [0.1, 0.15) is 11.9 Å². The van der Waals surface area contributed by atoms with Gasteiger partial charge < -0.3 is 10.0 Å². The first-order valence-corrected chi connectivity index (χ1v) is 7.28. The summed E-state index contributed by atoms with van der Waals surface area (Å²) < 4.78 is 12.9. The van der Waals surface area contributed by atoms with Crippen molar-refractivity contribution < 1.29 is 19.1 Å². The quantitative estimate of drug-likeness (QED) is 0.926. The zero-order chi connectivity index (χ0) is 16.4. The van der Waals surface area contributed by atoms with Crippen LogP contribution in [0.1, 0.15) is 29.8 Å². The number of carboxylic acid groups (broad SMARTS) is 1. The Morgan fingerprint density at radius 2 is 1.96 bits per heavy atom. The summed E-state index contributed by atoms with van der Waals surface area (Å²) in [6, 6.07) is 4.69. The molecule has 23 heavy (non-hydrogen) atoms. The van der Waals surface area contributed by atoms with Gasteiger partial charge in [-0.1, -0.05) is 0 Å². The van der Waals surface area contributed by atoms with Crippen molar-refractivity contribution >= 4 is 11.9 Å². The first-order chi connectivity index (χ1) is 11.1. The molecule has 1 aromatic heterocycles. The predicted octanol–water partition coefficient (Wildman–Crippen LogP) is 1.49. The molecule has 0 saturated carbocycles. The third-order valence-electron chi connectivity index (χ3n) is 3.82. The molecule has 1 aliphatic rings. The Morgan fingerprint density at radius 1 is 1.22 bits per heavy atom. The van der Waals surface area contributed by atoms with Crippen LogP contribution in [0.15, 0.2) is 30.5 Å². The van der Waals surface area contributed by atoms with Crippen molar-refractivity contribution in [3.8, 4) is 5.69 Å². The van der Waals surface area contributed by atoms with Crippen molar-refractivity contribution in [2.24, 2.45) is 0 Å². The Bertz CT molecular complexity index is 729. The Morgan fingerprint density at radius 3 is 2.65 bits per heavy atom. The molecule has 0 aliphatic carbocycles. The highest BCUT2D eigenvalue weighted by molar-refractivity contribution is 5.94. The number of benzene rings is 1. The maximum atomic E-state index is 12.9. The summed E-state index contributed by atoms with van der Waals surface area (Å²) >= 11 is 0. The molecule has 1 aromatic carbocycles. The molecule has 0 bridgehead atoms. The number of carbonyl (C=O) groups is 2. The molecule has 0 unspecified atom stereocenters. The molecule has 3 rings (SSSR count). The largest absolute Gasteiger partial charge is 0.480 e. The highest BCUT2D eigenvalue weighted by atomic mass is 19.1. The molecule has 1 atom stereocenters. The summed E-state index contributed by atoms with van der Waals surface area (Å²) in [5.41, 5.74) is 0.585. The lowest BCUT2D eigenvalue weighted by molar-refractivity contribution is -0.143. The number of nitrogens with zero attached hydrogens (tertiary/aromatic N) is 4. The summed E-state index contributed by atoms with van der Waals surface area (Å²) in [7, 11) is 0. The molecule has 1 saturated heterocycles. The topological polar surface area (TPSA) is 88.3 Å². The summed E-state index contributed by atoms with van der Waals surface area (Å²) in [5.74, 6) is -1.84. The third-order valence-corrected chi connectivity index (χ3v) is 3.82. The number of aromatic nitrogens is 3. The van der Waals surface area contributed by atoms with E-state index in [1.54, 1.807) is 0 Å². The summed E-state index contributed by atoms with van der Waals surface area (Å²) in [4.78, 5) is 26.3. The lowest BCUT2D eigenvalue weighted by atomic mass is 10.0. The lowest BCUT2D eigenvalue weighted by Crippen LogP contribution is -2.48. The highest BCUT2D eigenvalue weighted by Gasteiger charge is 2.33. The average molecular weight is 318 g/mol. The molecule has 1 amide bonds. The van der Waals surface area contributed by atoms with E-state index >= 15 is 0 Å². The van der Waals surface area contributed by atoms with Gasteiger partial charge in [-0.3, -0.25) is 4.79 Å². The molecular weight excluding hydrogens is 303 g/mol. The molecule has 0 radical (unpaired) electrons. The smallest absolute Gasteiger partial charge is 0.326 e. The van der Waals surface area contributed by atoms with E-state index in [-0.39, 0.29) is 11.5 Å². The van der Waals surface area contributed by atoms with Crippen LogP contribution < -0.4 is 0 Å². The number of carboxylic acids is 1. The Balaban J connectivity index is 1.83. The molecule has 2 heterocycles. The molecule has 1 fully saturated rings. The normalized spacial score (nSPS) is 18.0. The van der Waals surface area contributed by atoms with Crippen LogP contribution in [0, 0.1) is 5.82 Å². The van der Waals surface area contributed by atoms with E-state index in [1.165, 1.54) is 40.2 Å². The van der Waals surface area contributed by atoms with Crippen molar-refractivity contribution in [1.29, 1.82) is 0 Å². The second-order valence-corrected chi connectivity index (χ2v) is 5.34. The van der Waals surface area contributed by atoms with Gasteiger partial charge in [0.15, 0.2) is 5.69 Å². The van der Waals surface area contributed by atoms with Gasteiger partial charge in [0.25, 0.3) is 5.91 Å². The summed E-state index contributed by atoms with van der Waals surface area (Å²) in [6.07, 6.45) is 3.27. The summed E-state index contributed by atoms with van der Waals surface area (Å²) in [6.45, 7) is 0.388. The maximum Gasteiger partial charge on any atom is 0.326 e. The number of aliphatic carboxylic acids is 1. The van der Waals surface area contributed by atoms with Crippen LogP contribution in [0.5, 0.6) is 0 Å². The van der Waals surface area contributed by atoms with Crippen LogP contribution in [0.2, 0.25) is 0 Å². The van der Waals surface area contributed by atoms with Crippen LogP contribution in [0.4, 0.5) is 4.39 Å². The predicted molar refractivity (Wildman–Crippen MR) is 77.6 cm³/mol. The number of halogens is 1. The number of piperidine rings is 1. The number of hydrogen-bond acceptors (Lipinski definition) is 4. The van der Waals surface area contributed by atoms with Gasteiger partial charge in [-0.2, -0.15) is 9.90 Å². The van der Waals surface area contributed by atoms with Crippen LogP contribution >= 0.6 is 0 Å². The molecule has 120 valence electrons. The lowest BCUT2D eigenvalue weighted by Gasteiger charge is -2.32. The van der Waals surface area contributed by atoms with Gasteiger partial charge in [-0.05, 0) is 43.5 Å². The average Bonchev–Trinajstić information content (AvgIpc) is 3.04. The number of amides is 1. The number of hydrogen-bond donors (Lipinski definition) is 1. The van der Waals surface area contributed by atoms with Crippen molar-refractivity contribution in [2.45, 2.75) is 25.3 Å². The fraction of sp³-hybridized carbons (Fsp3) is 0.333. The SMILES string of the molecule is O=C(O)[C@@H]1CCCCN1C(=O)c1cnn(-c2ccc(F)cc2)n1. The molecule has 0 spiro atoms. The van der Waals surface area contributed by atoms with E-state index in [2.05, 4.69) is 10.2 Å². The third kappa shape index (κ3) is 3.05. The van der Waals surface area contributed by atoms with Gasteiger partial charge in [-0.25, -0.2) is 9.18 Å². The van der Waals surface area contributed by atoms with Gasteiger partial charge in [0, 0.05) is 6.54 Å². The van der Waals surface area contributed by atoms with Crippen molar-refractivity contribution in [3.63, 3.8) is 0 Å². The van der Waals surface area contributed by atoms with E-state index in [4.69, 9.17) is 0 Å². The molecule has 1 N–H and O–H groups in total. The van der Waals surface area contributed by atoms with Gasteiger partial charge in [-0.15, -0.1) is 5.10 Å². The first-order valence-electron chi connectivity index (χ1n) is 7.28. The fourth-order valence-corrected chi connectivity index (χ4v) is 2.64. The van der Waals surface area contributed by atoms with E-state index in [1.807, 2.05) is 0 Å². The van der Waals surface area contributed by atoms with Crippen LogP contribution in [0.25, 0.3) is 5.69 Å². The standard InChI is InChI=1S/C15H15FN4O3/c16-10-4-6-11(7-5-10)20-17-9-12(18-20)14(21)19-8-2-1-3-13(19)15(22)23/h4-7,9,13H,1-3,8H2,(H,22,23)/t13-/m0/s1. The fourth-order valence-electron chi connectivity index (χ4n) is 2.64. The number of carbonyl (C=O) groups excluding carboxylic acids is 1. The van der Waals surface area contributed by atoms with Gasteiger partial charge in [0.05, 0.1) is 11.9 Å². The van der Waals surface area contributed by atoms with Crippen molar-refractivity contribution in [1.82, 2.24) is 19.9 Å². The monoisotopic (exact) mass is 318 g/mol. The van der Waals surface area contributed by atoms with Crippen molar-refractivity contribution in [3.05, 3.63) is 42.0 Å². The van der Waals surface area contributed by atoms with Gasteiger partial charge >= 0.3 is 5.97 Å². The van der Waals surface area contributed by atoms with Crippen LogP contribution in [-0.2, 0) is 4.79 Å². The van der Waals surface area contributed by atoms with Gasteiger partial charge in [0.2, 0.25) is 0 Å². The zero-order valence-electron chi connectivity index (χ0n) is 12.2. The zero-order valence-corrected chi connectivity index (χ0v) is 12.2. The highest BCUT2D eigenvalue weighted by Crippen LogP contribution is 2.19. The molecular formula is C15H15FN4O3. The maximum absolute atomic E-state index is 12.9. The molecule has 2 aromatic rings. The van der Waals surface area contributed by atoms with E-state index in [0.717, 1.165) is 12.8 Å². The van der Waals surface area contributed by atoms with E-state index in [0.29, 0.717) is 18.7 Å². The van der Waals surface area contributed by atoms with Crippen LogP contribution in [0.3, 0.4) is 0 Å². The minimum Gasteiger partial charge on any atom is -0.480 e. The second kappa shape index (κ2) is 6.15. The summed E-state index contributed by atoms with van der Waals surface area (Å²) in [5, 5.41) is 17.3. The molecule has 1 aliphatic heterocycles. The Labute approximate surface area is 131 Å². The van der Waals surface area contributed by atoms with Crippen LogP contribution in [-0.4, -0.2) is 49.5 Å². The molecule has 7 nitrogen and oxygen atoms in total. The Hall–Kier alpha value is -2.77. The van der Waals surface area contributed by atoms with E-state index in [9.17, 15) is 19.1 Å². The van der Waals surface area contributed by atoms with Crippen molar-refractivity contribution in [2.75, 3.05) is 6.54 Å². The minimum atomic E-state index is -1.01. The number of rotatable bonds is 3. The van der Waals surface area contributed by atoms with E-state index < -0.39 is 17.9 Å². The first kappa shape index (κ1) is 15.1. The minimum absolute atomic E-state index is 0.0717. The molecule has 8 heteroatoms. The second-order valence-electron chi connectivity index (χ2n) is 5.34. The number of likely N-dealkylation sites (tertiary alicyclic amines) is 1. The Kier molecular flexibility index (Phi) is 4.05.